The van der Waals surface area contributed by atoms with E-state index < -0.39 is 10.0 Å². The van der Waals surface area contributed by atoms with Gasteiger partial charge in [0.05, 0.1) is 4.90 Å². The first-order chi connectivity index (χ1) is 11.5. The van der Waals surface area contributed by atoms with Crippen LogP contribution in [0.1, 0.15) is 48.9 Å². The number of carbonyl (C=O) groups is 1. The minimum absolute atomic E-state index is 0. The van der Waals surface area contributed by atoms with E-state index in [1.54, 1.807) is 12.1 Å². The standard InChI is InChI=1S/C17H25N3O3S.ClH/c18-11-13-4-1-2-7-16(13)19-17(21)12-5-3-6-15(10-12)24(22,23)20-14-8-9-14;/h3,5-6,10,13-14,16,20H,1-2,4,7-9,11,18H2,(H,19,21);1H. The zero-order valence-electron chi connectivity index (χ0n) is 14.1. The molecule has 2 unspecified atom stereocenters. The number of rotatable bonds is 6. The zero-order valence-corrected chi connectivity index (χ0v) is 15.7. The molecule has 140 valence electrons. The Hall–Kier alpha value is -1.15. The summed E-state index contributed by atoms with van der Waals surface area (Å²) in [6, 6.07) is 6.33. The van der Waals surface area contributed by atoms with Crippen molar-refractivity contribution in [3.63, 3.8) is 0 Å². The molecule has 2 fully saturated rings. The summed E-state index contributed by atoms with van der Waals surface area (Å²) in [5.74, 6) is 0.0648. The van der Waals surface area contributed by atoms with Gasteiger partial charge in [0.25, 0.3) is 5.91 Å². The fourth-order valence-corrected chi connectivity index (χ4v) is 4.58. The molecule has 0 aromatic heterocycles. The smallest absolute Gasteiger partial charge is 0.251 e. The first kappa shape index (κ1) is 20.2. The third kappa shape index (κ3) is 5.17. The highest BCUT2D eigenvalue weighted by atomic mass is 35.5. The lowest BCUT2D eigenvalue weighted by molar-refractivity contribution is 0.0908. The number of benzene rings is 1. The van der Waals surface area contributed by atoms with Gasteiger partial charge in [0.2, 0.25) is 10.0 Å². The number of nitrogens with two attached hydrogens (primary N) is 1. The molecular weight excluding hydrogens is 362 g/mol. The summed E-state index contributed by atoms with van der Waals surface area (Å²) in [5, 5.41) is 3.03. The monoisotopic (exact) mass is 387 g/mol. The van der Waals surface area contributed by atoms with Crippen LogP contribution in [0.4, 0.5) is 0 Å². The summed E-state index contributed by atoms with van der Waals surface area (Å²) in [4.78, 5) is 12.7. The van der Waals surface area contributed by atoms with E-state index in [0.29, 0.717) is 18.0 Å². The van der Waals surface area contributed by atoms with Gasteiger partial charge in [-0.25, -0.2) is 13.1 Å². The van der Waals surface area contributed by atoms with E-state index in [1.807, 2.05) is 0 Å². The molecule has 8 heteroatoms. The molecule has 0 spiro atoms. The van der Waals surface area contributed by atoms with Gasteiger partial charge in [-0.2, -0.15) is 0 Å². The molecular formula is C17H26ClN3O3S. The Morgan fingerprint density at radius 2 is 1.88 bits per heavy atom. The van der Waals surface area contributed by atoms with Crippen molar-refractivity contribution in [1.82, 2.24) is 10.0 Å². The Morgan fingerprint density at radius 1 is 1.16 bits per heavy atom. The fraction of sp³-hybridized carbons (Fsp3) is 0.588. The molecule has 4 N–H and O–H groups in total. The molecule has 25 heavy (non-hydrogen) atoms. The highest BCUT2D eigenvalue weighted by Crippen LogP contribution is 2.25. The van der Waals surface area contributed by atoms with Gasteiger partial charge in [-0.05, 0) is 56.3 Å². The third-order valence-electron chi connectivity index (χ3n) is 4.83. The van der Waals surface area contributed by atoms with Gasteiger partial charge < -0.3 is 11.1 Å². The maximum atomic E-state index is 12.5. The molecule has 0 bridgehead atoms. The predicted octanol–water partition coefficient (Wildman–Crippen LogP) is 1.80. The van der Waals surface area contributed by atoms with Gasteiger partial charge in [0.1, 0.15) is 0 Å². The number of carbonyl (C=O) groups excluding carboxylic acids is 1. The summed E-state index contributed by atoms with van der Waals surface area (Å²) in [7, 11) is -3.55. The van der Waals surface area contributed by atoms with Crippen molar-refractivity contribution in [2.24, 2.45) is 11.7 Å². The number of nitrogens with one attached hydrogen (secondary N) is 2. The van der Waals surface area contributed by atoms with Crippen molar-refractivity contribution in [2.45, 2.75) is 55.5 Å². The summed E-state index contributed by atoms with van der Waals surface area (Å²) in [5.41, 5.74) is 6.17. The molecule has 1 amide bonds. The molecule has 0 aliphatic heterocycles. The average Bonchev–Trinajstić information content (AvgIpc) is 3.39. The van der Waals surface area contributed by atoms with Gasteiger partial charge in [0, 0.05) is 17.6 Å². The highest BCUT2D eigenvalue weighted by molar-refractivity contribution is 7.89. The van der Waals surface area contributed by atoms with Crippen LogP contribution in [0.3, 0.4) is 0 Å². The van der Waals surface area contributed by atoms with Crippen molar-refractivity contribution in [2.75, 3.05) is 6.54 Å². The summed E-state index contributed by atoms with van der Waals surface area (Å²) < 4.78 is 27.2. The van der Waals surface area contributed by atoms with E-state index in [-0.39, 0.29) is 35.3 Å². The molecule has 0 saturated heterocycles. The van der Waals surface area contributed by atoms with Crippen LogP contribution in [-0.4, -0.2) is 33.0 Å². The topological polar surface area (TPSA) is 101 Å². The van der Waals surface area contributed by atoms with E-state index in [0.717, 1.165) is 38.5 Å². The van der Waals surface area contributed by atoms with Gasteiger partial charge in [-0.1, -0.05) is 18.9 Å². The van der Waals surface area contributed by atoms with Crippen LogP contribution in [0.2, 0.25) is 0 Å². The van der Waals surface area contributed by atoms with Crippen molar-refractivity contribution in [3.8, 4) is 0 Å². The van der Waals surface area contributed by atoms with Crippen LogP contribution in [0.5, 0.6) is 0 Å². The second-order valence-corrected chi connectivity index (χ2v) is 8.50. The van der Waals surface area contributed by atoms with E-state index in [4.69, 9.17) is 5.73 Å². The van der Waals surface area contributed by atoms with Crippen molar-refractivity contribution >= 4 is 28.3 Å². The summed E-state index contributed by atoms with van der Waals surface area (Å²) in [6.45, 7) is 0.560. The minimum atomic E-state index is -3.55. The lowest BCUT2D eigenvalue weighted by Gasteiger charge is -2.31. The Balaban J connectivity index is 0.00000225. The molecule has 0 heterocycles. The molecule has 2 aliphatic carbocycles. The largest absolute Gasteiger partial charge is 0.349 e. The van der Waals surface area contributed by atoms with E-state index in [1.165, 1.54) is 12.1 Å². The molecule has 2 aliphatic rings. The van der Waals surface area contributed by atoms with Gasteiger partial charge in [-0.3, -0.25) is 4.79 Å². The van der Waals surface area contributed by atoms with Gasteiger partial charge in [-0.15, -0.1) is 12.4 Å². The Labute approximate surface area is 155 Å². The molecule has 6 nitrogen and oxygen atoms in total. The number of hydrogen-bond donors (Lipinski definition) is 3. The zero-order chi connectivity index (χ0) is 17.2. The van der Waals surface area contributed by atoms with Gasteiger partial charge >= 0.3 is 0 Å². The Morgan fingerprint density at radius 3 is 2.56 bits per heavy atom. The molecule has 3 rings (SSSR count). The summed E-state index contributed by atoms with van der Waals surface area (Å²) in [6.07, 6.45) is 5.94. The molecule has 2 atom stereocenters. The van der Waals surface area contributed by atoms with Crippen molar-refractivity contribution in [1.29, 1.82) is 0 Å². The maximum absolute atomic E-state index is 12.5. The number of halogens is 1. The van der Waals surface area contributed by atoms with Crippen LogP contribution in [0.15, 0.2) is 29.2 Å². The quantitative estimate of drug-likeness (QED) is 0.692. The van der Waals surface area contributed by atoms with Crippen LogP contribution >= 0.6 is 12.4 Å². The van der Waals surface area contributed by atoms with Crippen LogP contribution in [0, 0.1) is 5.92 Å². The van der Waals surface area contributed by atoms with E-state index in [2.05, 4.69) is 10.0 Å². The normalized spacial score (nSPS) is 23.6. The SMILES string of the molecule is Cl.NCC1CCCCC1NC(=O)c1cccc(S(=O)(=O)NC2CC2)c1. The summed E-state index contributed by atoms with van der Waals surface area (Å²) >= 11 is 0. The number of sulfonamides is 1. The molecule has 2 saturated carbocycles. The highest BCUT2D eigenvalue weighted by Gasteiger charge is 2.29. The van der Waals surface area contributed by atoms with E-state index >= 15 is 0 Å². The number of amides is 1. The first-order valence-corrected chi connectivity index (χ1v) is 10.1. The molecule has 0 radical (unpaired) electrons. The molecule has 1 aromatic rings. The van der Waals surface area contributed by atoms with Gasteiger partial charge in [0.15, 0.2) is 0 Å². The van der Waals surface area contributed by atoms with Crippen molar-refractivity contribution < 1.29 is 13.2 Å². The first-order valence-electron chi connectivity index (χ1n) is 8.63. The second-order valence-electron chi connectivity index (χ2n) is 6.78. The van der Waals surface area contributed by atoms with E-state index in [9.17, 15) is 13.2 Å². The maximum Gasteiger partial charge on any atom is 0.251 e. The van der Waals surface area contributed by atoms with Crippen LogP contribution in [-0.2, 0) is 10.0 Å². The Kier molecular flexibility index (Phi) is 6.85. The van der Waals surface area contributed by atoms with Crippen LogP contribution in [0.25, 0.3) is 0 Å². The fourth-order valence-electron chi connectivity index (χ4n) is 3.22. The second kappa shape index (κ2) is 8.49. The van der Waals surface area contributed by atoms with Crippen LogP contribution < -0.4 is 15.8 Å². The Bertz CT molecular complexity index is 707. The average molecular weight is 388 g/mol. The lowest BCUT2D eigenvalue weighted by atomic mass is 9.84. The number of hydrogen-bond acceptors (Lipinski definition) is 4. The minimum Gasteiger partial charge on any atom is -0.349 e. The van der Waals surface area contributed by atoms with Crippen molar-refractivity contribution in [3.05, 3.63) is 29.8 Å². The predicted molar refractivity (Wildman–Crippen MR) is 99.3 cm³/mol. The molecule has 1 aromatic carbocycles. The third-order valence-corrected chi connectivity index (χ3v) is 6.35. The lowest BCUT2D eigenvalue weighted by Crippen LogP contribution is -2.44.